The molecule has 1 unspecified atom stereocenters. The molecule has 0 radical (unpaired) electrons. The van der Waals surface area contributed by atoms with E-state index in [4.69, 9.17) is 0 Å². The van der Waals surface area contributed by atoms with Crippen LogP contribution in [-0.2, 0) is 21.4 Å². The number of carbonyl (C=O) groups excluding carboxylic acids is 1. The summed E-state index contributed by atoms with van der Waals surface area (Å²) in [7, 11) is -2.25. The van der Waals surface area contributed by atoms with E-state index in [9.17, 15) is 13.2 Å². The highest BCUT2D eigenvalue weighted by atomic mass is 32.2. The van der Waals surface area contributed by atoms with Crippen LogP contribution in [0.5, 0.6) is 0 Å². The molecule has 1 aliphatic rings. The van der Waals surface area contributed by atoms with Gasteiger partial charge in [0.25, 0.3) is 0 Å². The van der Waals surface area contributed by atoms with E-state index >= 15 is 0 Å². The molecule has 0 N–H and O–H groups in total. The zero-order valence-corrected chi connectivity index (χ0v) is 18.4. The van der Waals surface area contributed by atoms with Crippen molar-refractivity contribution in [3.8, 4) is 0 Å². The van der Waals surface area contributed by atoms with Gasteiger partial charge >= 0.3 is 0 Å². The number of hydrogen-bond donors (Lipinski definition) is 0. The fourth-order valence-electron chi connectivity index (χ4n) is 3.49. The van der Waals surface area contributed by atoms with Crippen LogP contribution < -0.4 is 0 Å². The van der Waals surface area contributed by atoms with Gasteiger partial charge in [0.1, 0.15) is 0 Å². The number of sulfonamides is 1. The van der Waals surface area contributed by atoms with Crippen LogP contribution in [0.15, 0.2) is 53.4 Å². The molecule has 0 spiro atoms. The molecule has 0 aliphatic heterocycles. The molecular weight excluding hydrogens is 384 g/mol. The van der Waals surface area contributed by atoms with Gasteiger partial charge in [0.15, 0.2) is 0 Å². The maximum atomic E-state index is 13.2. The standard InChI is InChI=1S/C23H30N2O3S/c1-17-10-13-22(14-18(17)2)29(27,28)24(4)16-23(26)25(19(3)21-11-12-21)15-20-8-6-5-7-9-20/h5-10,13-14,19,21H,11-12,15-16H2,1-4H3. The van der Waals surface area contributed by atoms with Crippen LogP contribution in [0.2, 0.25) is 0 Å². The Labute approximate surface area is 174 Å². The summed E-state index contributed by atoms with van der Waals surface area (Å²) in [6.07, 6.45) is 2.24. The Bertz CT molecular complexity index is 969. The lowest BCUT2D eigenvalue weighted by Crippen LogP contribution is -2.45. The van der Waals surface area contributed by atoms with E-state index in [-0.39, 0.29) is 23.4 Å². The van der Waals surface area contributed by atoms with Crippen molar-refractivity contribution in [3.63, 3.8) is 0 Å². The van der Waals surface area contributed by atoms with E-state index in [0.29, 0.717) is 12.5 Å². The van der Waals surface area contributed by atoms with Gasteiger partial charge in [-0.25, -0.2) is 8.42 Å². The van der Waals surface area contributed by atoms with Crippen molar-refractivity contribution in [2.24, 2.45) is 5.92 Å². The van der Waals surface area contributed by atoms with Crippen molar-refractivity contribution in [1.29, 1.82) is 0 Å². The van der Waals surface area contributed by atoms with Gasteiger partial charge in [0.2, 0.25) is 15.9 Å². The summed E-state index contributed by atoms with van der Waals surface area (Å²) >= 11 is 0. The van der Waals surface area contributed by atoms with Gasteiger partial charge in [-0.1, -0.05) is 36.4 Å². The molecule has 1 atom stereocenters. The number of nitrogens with zero attached hydrogens (tertiary/aromatic N) is 2. The maximum Gasteiger partial charge on any atom is 0.243 e. The fraction of sp³-hybridized carbons (Fsp3) is 0.435. The largest absolute Gasteiger partial charge is 0.334 e. The summed E-state index contributed by atoms with van der Waals surface area (Å²) < 4.78 is 27.1. The summed E-state index contributed by atoms with van der Waals surface area (Å²) in [5.74, 6) is 0.340. The van der Waals surface area contributed by atoms with Gasteiger partial charge in [0.05, 0.1) is 11.4 Å². The zero-order valence-electron chi connectivity index (χ0n) is 17.6. The highest BCUT2D eigenvalue weighted by Crippen LogP contribution is 2.35. The first-order valence-electron chi connectivity index (χ1n) is 10.1. The van der Waals surface area contributed by atoms with E-state index in [2.05, 4.69) is 6.92 Å². The molecule has 3 rings (SSSR count). The highest BCUT2D eigenvalue weighted by Gasteiger charge is 2.35. The first-order valence-corrected chi connectivity index (χ1v) is 11.5. The quantitative estimate of drug-likeness (QED) is 0.661. The predicted octanol–water partition coefficient (Wildman–Crippen LogP) is 3.75. The van der Waals surface area contributed by atoms with Crippen molar-refractivity contribution in [2.75, 3.05) is 13.6 Å². The maximum absolute atomic E-state index is 13.2. The molecule has 1 saturated carbocycles. The molecule has 156 valence electrons. The number of likely N-dealkylation sites (N-methyl/N-ethyl adjacent to an activating group) is 1. The zero-order chi connectivity index (χ0) is 21.2. The predicted molar refractivity (Wildman–Crippen MR) is 115 cm³/mol. The first-order chi connectivity index (χ1) is 13.7. The molecule has 29 heavy (non-hydrogen) atoms. The summed E-state index contributed by atoms with van der Waals surface area (Å²) in [5, 5.41) is 0. The lowest BCUT2D eigenvalue weighted by molar-refractivity contribution is -0.134. The minimum Gasteiger partial charge on any atom is -0.334 e. The Hall–Kier alpha value is -2.18. The molecule has 0 saturated heterocycles. The number of aryl methyl sites for hydroxylation is 2. The third-order valence-electron chi connectivity index (χ3n) is 5.86. The van der Waals surface area contributed by atoms with E-state index in [1.54, 1.807) is 18.2 Å². The van der Waals surface area contributed by atoms with Crippen molar-refractivity contribution in [1.82, 2.24) is 9.21 Å². The van der Waals surface area contributed by atoms with Gasteiger partial charge in [-0.05, 0) is 68.4 Å². The lowest BCUT2D eigenvalue weighted by Gasteiger charge is -2.31. The Balaban J connectivity index is 1.77. The molecule has 0 bridgehead atoms. The van der Waals surface area contributed by atoms with Gasteiger partial charge in [-0.3, -0.25) is 4.79 Å². The minimum absolute atomic E-state index is 0.0976. The topological polar surface area (TPSA) is 57.7 Å². The number of rotatable bonds is 8. The first kappa shape index (κ1) is 21.5. The van der Waals surface area contributed by atoms with E-state index in [1.165, 1.54) is 7.05 Å². The van der Waals surface area contributed by atoms with Crippen LogP contribution in [0.25, 0.3) is 0 Å². The molecule has 0 aromatic heterocycles. The highest BCUT2D eigenvalue weighted by molar-refractivity contribution is 7.89. The molecule has 2 aromatic carbocycles. The smallest absolute Gasteiger partial charge is 0.243 e. The number of amides is 1. The number of carbonyl (C=O) groups is 1. The fourth-order valence-corrected chi connectivity index (χ4v) is 4.70. The molecular formula is C23H30N2O3S. The van der Waals surface area contributed by atoms with E-state index in [0.717, 1.165) is 33.8 Å². The molecule has 2 aromatic rings. The summed E-state index contributed by atoms with van der Waals surface area (Å²) in [4.78, 5) is 15.2. The molecule has 6 heteroatoms. The average molecular weight is 415 g/mol. The summed E-state index contributed by atoms with van der Waals surface area (Å²) in [5.41, 5.74) is 3.00. The second-order valence-corrected chi connectivity index (χ2v) is 10.1. The van der Waals surface area contributed by atoms with Gasteiger partial charge < -0.3 is 4.90 Å². The van der Waals surface area contributed by atoms with Crippen molar-refractivity contribution in [3.05, 3.63) is 65.2 Å². The van der Waals surface area contributed by atoms with Gasteiger partial charge in [-0.15, -0.1) is 0 Å². The Morgan fingerprint density at radius 2 is 1.72 bits per heavy atom. The van der Waals surface area contributed by atoms with Crippen molar-refractivity contribution >= 4 is 15.9 Å². The second kappa shape index (κ2) is 8.67. The Morgan fingerprint density at radius 1 is 1.07 bits per heavy atom. The van der Waals surface area contributed by atoms with E-state index < -0.39 is 10.0 Å². The normalized spacial score (nSPS) is 15.3. The van der Waals surface area contributed by atoms with Crippen molar-refractivity contribution < 1.29 is 13.2 Å². The third-order valence-corrected chi connectivity index (χ3v) is 7.66. The SMILES string of the molecule is Cc1ccc(S(=O)(=O)N(C)CC(=O)N(Cc2ccccc2)C(C)C2CC2)cc1C. The van der Waals surface area contributed by atoms with Crippen LogP contribution in [0.1, 0.15) is 36.5 Å². The third kappa shape index (κ3) is 5.06. The summed E-state index contributed by atoms with van der Waals surface area (Å²) in [6, 6.07) is 15.0. The molecule has 0 heterocycles. The van der Waals surface area contributed by atoms with Gasteiger partial charge in [-0.2, -0.15) is 4.31 Å². The molecule has 1 aliphatic carbocycles. The Kier molecular flexibility index (Phi) is 6.44. The van der Waals surface area contributed by atoms with Crippen LogP contribution in [-0.4, -0.2) is 43.2 Å². The van der Waals surface area contributed by atoms with Crippen LogP contribution in [0.3, 0.4) is 0 Å². The minimum atomic E-state index is -3.72. The lowest BCUT2D eigenvalue weighted by atomic mass is 10.1. The molecule has 1 amide bonds. The van der Waals surface area contributed by atoms with Crippen LogP contribution in [0.4, 0.5) is 0 Å². The summed E-state index contributed by atoms with van der Waals surface area (Å²) in [6.45, 7) is 6.22. The molecule has 5 nitrogen and oxygen atoms in total. The molecule has 1 fully saturated rings. The van der Waals surface area contributed by atoms with Gasteiger partial charge in [0, 0.05) is 19.6 Å². The van der Waals surface area contributed by atoms with E-state index in [1.807, 2.05) is 49.1 Å². The average Bonchev–Trinajstić information content (AvgIpc) is 3.53. The van der Waals surface area contributed by atoms with Crippen molar-refractivity contribution in [2.45, 2.75) is 51.1 Å². The van der Waals surface area contributed by atoms with Crippen LogP contribution in [0, 0.1) is 19.8 Å². The Morgan fingerprint density at radius 3 is 2.31 bits per heavy atom. The monoisotopic (exact) mass is 414 g/mol. The van der Waals surface area contributed by atoms with Crippen LogP contribution >= 0.6 is 0 Å². The second-order valence-electron chi connectivity index (χ2n) is 8.09. The number of benzene rings is 2. The number of hydrogen-bond acceptors (Lipinski definition) is 3.